The van der Waals surface area contributed by atoms with Crippen LogP contribution < -0.4 is 11.3 Å². The fourth-order valence-electron chi connectivity index (χ4n) is 2.20. The van der Waals surface area contributed by atoms with Gasteiger partial charge in [-0.05, 0) is 31.4 Å². The van der Waals surface area contributed by atoms with Crippen LogP contribution in [0.5, 0.6) is 0 Å². The Hall–Kier alpha value is -1.62. The van der Waals surface area contributed by atoms with E-state index in [2.05, 4.69) is 4.98 Å². The van der Waals surface area contributed by atoms with Crippen LogP contribution >= 0.6 is 0 Å². The highest BCUT2D eigenvalue weighted by Crippen LogP contribution is 2.17. The second-order valence-electron chi connectivity index (χ2n) is 4.44. The first kappa shape index (κ1) is 11.9. The molecule has 1 fully saturated rings. The normalized spacial score (nSPS) is 20.3. The lowest BCUT2D eigenvalue weighted by Crippen LogP contribution is -2.42. The van der Waals surface area contributed by atoms with Crippen LogP contribution in [0.1, 0.15) is 23.2 Å². The molecule has 17 heavy (non-hydrogen) atoms. The summed E-state index contributed by atoms with van der Waals surface area (Å²) in [5.41, 5.74) is 5.84. The molecule has 1 atom stereocenters. The van der Waals surface area contributed by atoms with Crippen molar-refractivity contribution in [3.05, 3.63) is 34.2 Å². The number of amides is 1. The number of nitrogens with two attached hydrogens (primary N) is 1. The Kier molecular flexibility index (Phi) is 3.58. The Labute approximate surface area is 99.6 Å². The molecule has 1 aromatic heterocycles. The fraction of sp³-hybridized carbons (Fsp3) is 0.500. The van der Waals surface area contributed by atoms with E-state index in [-0.39, 0.29) is 11.5 Å². The molecule has 0 radical (unpaired) electrons. The second kappa shape index (κ2) is 5.14. The molecule has 1 aliphatic heterocycles. The van der Waals surface area contributed by atoms with Gasteiger partial charge in [0.05, 0.1) is 0 Å². The third-order valence-electron chi connectivity index (χ3n) is 3.16. The first-order valence-electron chi connectivity index (χ1n) is 5.89. The monoisotopic (exact) mass is 235 g/mol. The largest absolute Gasteiger partial charge is 0.338 e. The van der Waals surface area contributed by atoms with Crippen molar-refractivity contribution in [1.82, 2.24) is 9.88 Å². The van der Waals surface area contributed by atoms with Crippen LogP contribution in [0, 0.1) is 5.92 Å². The highest BCUT2D eigenvalue weighted by molar-refractivity contribution is 5.94. The first-order chi connectivity index (χ1) is 8.20. The molecule has 2 rings (SSSR count). The van der Waals surface area contributed by atoms with Crippen LogP contribution in [0.25, 0.3) is 0 Å². The molecule has 2 heterocycles. The highest BCUT2D eigenvalue weighted by Gasteiger charge is 2.23. The Morgan fingerprint density at radius 2 is 2.41 bits per heavy atom. The van der Waals surface area contributed by atoms with Crippen molar-refractivity contribution >= 4 is 5.91 Å². The van der Waals surface area contributed by atoms with Crippen LogP contribution in [0.3, 0.4) is 0 Å². The quantitative estimate of drug-likeness (QED) is 0.767. The molecule has 1 amide bonds. The molecule has 0 saturated carbocycles. The number of hydrogen-bond donors (Lipinski definition) is 2. The number of hydrogen-bond acceptors (Lipinski definition) is 3. The van der Waals surface area contributed by atoms with Crippen molar-refractivity contribution in [3.8, 4) is 0 Å². The number of H-pyrrole nitrogens is 1. The van der Waals surface area contributed by atoms with Gasteiger partial charge in [-0.2, -0.15) is 0 Å². The minimum absolute atomic E-state index is 0.0748. The van der Waals surface area contributed by atoms with E-state index in [0.29, 0.717) is 24.6 Å². The van der Waals surface area contributed by atoms with E-state index in [4.69, 9.17) is 5.73 Å². The van der Waals surface area contributed by atoms with E-state index >= 15 is 0 Å². The molecule has 3 N–H and O–H groups in total. The molecule has 1 saturated heterocycles. The van der Waals surface area contributed by atoms with Gasteiger partial charge in [-0.15, -0.1) is 0 Å². The van der Waals surface area contributed by atoms with Crippen LogP contribution in [-0.4, -0.2) is 35.4 Å². The summed E-state index contributed by atoms with van der Waals surface area (Å²) < 4.78 is 0. The molecule has 5 heteroatoms. The highest BCUT2D eigenvalue weighted by atomic mass is 16.2. The van der Waals surface area contributed by atoms with E-state index in [1.807, 2.05) is 0 Å². The summed E-state index contributed by atoms with van der Waals surface area (Å²) in [4.78, 5) is 27.6. The third-order valence-corrected chi connectivity index (χ3v) is 3.16. The number of nitrogens with one attached hydrogen (secondary N) is 1. The number of piperidine rings is 1. The summed E-state index contributed by atoms with van der Waals surface area (Å²) in [5.74, 6) is 0.309. The van der Waals surface area contributed by atoms with Gasteiger partial charge < -0.3 is 15.6 Å². The molecule has 1 aromatic rings. The molecular formula is C12H17N3O2. The Balaban J connectivity index is 2.12. The van der Waals surface area contributed by atoms with Gasteiger partial charge in [-0.1, -0.05) is 0 Å². The van der Waals surface area contributed by atoms with Gasteiger partial charge in [0, 0.05) is 30.9 Å². The molecule has 0 aromatic carbocycles. The average Bonchev–Trinajstić information content (AvgIpc) is 2.38. The Bertz CT molecular complexity index is 455. The van der Waals surface area contributed by atoms with E-state index < -0.39 is 0 Å². The van der Waals surface area contributed by atoms with Crippen molar-refractivity contribution in [2.45, 2.75) is 12.8 Å². The summed E-state index contributed by atoms with van der Waals surface area (Å²) in [6, 6.07) is 2.98. The van der Waals surface area contributed by atoms with Gasteiger partial charge in [0.1, 0.15) is 0 Å². The fourth-order valence-corrected chi connectivity index (χ4v) is 2.20. The number of likely N-dealkylation sites (tertiary alicyclic amines) is 1. The van der Waals surface area contributed by atoms with Gasteiger partial charge in [-0.3, -0.25) is 9.59 Å². The maximum Gasteiger partial charge on any atom is 0.254 e. The maximum absolute atomic E-state index is 12.1. The van der Waals surface area contributed by atoms with Crippen LogP contribution in [0.15, 0.2) is 23.1 Å². The second-order valence-corrected chi connectivity index (χ2v) is 4.44. The molecule has 1 aliphatic rings. The number of nitrogens with zero attached hydrogens (tertiary/aromatic N) is 1. The van der Waals surface area contributed by atoms with E-state index in [0.717, 1.165) is 19.4 Å². The lowest BCUT2D eigenvalue weighted by atomic mass is 9.98. The molecule has 0 aliphatic carbocycles. The summed E-state index contributed by atoms with van der Waals surface area (Å²) >= 11 is 0. The van der Waals surface area contributed by atoms with Gasteiger partial charge in [-0.25, -0.2) is 0 Å². The summed E-state index contributed by atoms with van der Waals surface area (Å²) in [7, 11) is 0. The van der Waals surface area contributed by atoms with Crippen molar-refractivity contribution < 1.29 is 4.79 Å². The van der Waals surface area contributed by atoms with E-state index in [9.17, 15) is 9.59 Å². The zero-order valence-electron chi connectivity index (χ0n) is 9.69. The van der Waals surface area contributed by atoms with Gasteiger partial charge in [0.15, 0.2) is 0 Å². The molecule has 5 nitrogen and oxygen atoms in total. The van der Waals surface area contributed by atoms with Crippen LogP contribution in [0.4, 0.5) is 0 Å². The molecule has 0 spiro atoms. The van der Waals surface area contributed by atoms with Crippen LogP contribution in [-0.2, 0) is 0 Å². The van der Waals surface area contributed by atoms with Gasteiger partial charge in [0.2, 0.25) is 5.56 Å². The average molecular weight is 235 g/mol. The molecular weight excluding hydrogens is 218 g/mol. The summed E-state index contributed by atoms with van der Waals surface area (Å²) in [5, 5.41) is 0. The minimum atomic E-state index is -0.247. The van der Waals surface area contributed by atoms with E-state index in [1.54, 1.807) is 11.0 Å². The summed E-state index contributed by atoms with van der Waals surface area (Å²) in [6.07, 6.45) is 3.56. The number of aromatic nitrogens is 1. The van der Waals surface area contributed by atoms with Crippen molar-refractivity contribution in [2.24, 2.45) is 11.7 Å². The molecule has 1 unspecified atom stereocenters. The predicted molar refractivity (Wildman–Crippen MR) is 64.7 cm³/mol. The zero-order chi connectivity index (χ0) is 12.3. The molecule has 0 bridgehead atoms. The maximum atomic E-state index is 12.1. The first-order valence-corrected chi connectivity index (χ1v) is 5.89. The van der Waals surface area contributed by atoms with Crippen LogP contribution in [0.2, 0.25) is 0 Å². The minimum Gasteiger partial charge on any atom is -0.338 e. The van der Waals surface area contributed by atoms with Gasteiger partial charge >= 0.3 is 0 Å². The number of rotatable bonds is 2. The van der Waals surface area contributed by atoms with E-state index in [1.165, 1.54) is 12.3 Å². The predicted octanol–water partition coefficient (Wildman–Crippen LogP) is 0.186. The zero-order valence-corrected chi connectivity index (χ0v) is 9.69. The lowest BCUT2D eigenvalue weighted by molar-refractivity contribution is 0.0678. The Morgan fingerprint density at radius 3 is 3.12 bits per heavy atom. The summed E-state index contributed by atoms with van der Waals surface area (Å²) in [6.45, 7) is 2.06. The smallest absolute Gasteiger partial charge is 0.254 e. The third kappa shape index (κ3) is 2.74. The topological polar surface area (TPSA) is 79.2 Å². The lowest BCUT2D eigenvalue weighted by Gasteiger charge is -2.32. The van der Waals surface area contributed by atoms with Gasteiger partial charge in [0.25, 0.3) is 5.91 Å². The number of carbonyl (C=O) groups excluding carboxylic acids is 1. The number of aromatic amines is 1. The SMILES string of the molecule is NCC1CCCN(C(=O)c2cc[nH]c(=O)c2)C1. The van der Waals surface area contributed by atoms with Crippen molar-refractivity contribution in [3.63, 3.8) is 0 Å². The van der Waals surface area contributed by atoms with Crippen molar-refractivity contribution in [1.29, 1.82) is 0 Å². The standard InChI is InChI=1S/C12H17N3O2/c13-7-9-2-1-5-15(8-9)12(17)10-3-4-14-11(16)6-10/h3-4,6,9H,1-2,5,7-8,13H2,(H,14,16). The van der Waals surface area contributed by atoms with Crippen molar-refractivity contribution in [2.75, 3.05) is 19.6 Å². The number of carbonyl (C=O) groups is 1. The molecule has 92 valence electrons. The number of pyridine rings is 1. The Morgan fingerprint density at radius 1 is 1.59 bits per heavy atom.